The molecule has 1 rings (SSSR count). The predicted octanol–water partition coefficient (Wildman–Crippen LogP) is -0.252. The van der Waals surface area contributed by atoms with Gasteiger partial charge in [-0.1, -0.05) is 0 Å². The van der Waals surface area contributed by atoms with Gasteiger partial charge < -0.3 is 16.0 Å². The fourth-order valence-electron chi connectivity index (χ4n) is 1.30. The Hall–Kier alpha value is -1.95. The highest BCUT2D eigenvalue weighted by atomic mass is 16.2. The minimum Gasteiger partial charge on any atom is -0.345 e. The van der Waals surface area contributed by atoms with Gasteiger partial charge in [0, 0.05) is 31.9 Å². The first kappa shape index (κ1) is 14.1. The molecule has 1 aromatic rings. The Kier molecular flexibility index (Phi) is 5.26. The van der Waals surface area contributed by atoms with Gasteiger partial charge in [-0.15, -0.1) is 0 Å². The lowest BCUT2D eigenvalue weighted by molar-refractivity contribution is -0.128. The normalized spacial score (nSPS) is 9.94. The zero-order valence-corrected chi connectivity index (χ0v) is 10.6. The van der Waals surface area contributed by atoms with Crippen LogP contribution in [0.3, 0.4) is 0 Å². The first-order valence-electron chi connectivity index (χ1n) is 5.75. The van der Waals surface area contributed by atoms with Crippen LogP contribution < -0.4 is 11.1 Å². The number of amides is 2. The first-order chi connectivity index (χ1) is 8.58. The van der Waals surface area contributed by atoms with Gasteiger partial charge in [-0.25, -0.2) is 0 Å². The van der Waals surface area contributed by atoms with E-state index in [0.29, 0.717) is 17.8 Å². The standard InChI is InChI=1S/C12H18N4O2/c1-3-16(2)11(17)8-15-12(18)9-4-5-14-10(6-9)7-13/h4-6H,3,7-8,13H2,1-2H3,(H,15,18). The Morgan fingerprint density at radius 3 is 2.83 bits per heavy atom. The Bertz CT molecular complexity index is 434. The lowest BCUT2D eigenvalue weighted by Crippen LogP contribution is -2.38. The summed E-state index contributed by atoms with van der Waals surface area (Å²) in [5, 5.41) is 2.57. The highest BCUT2D eigenvalue weighted by Gasteiger charge is 2.10. The predicted molar refractivity (Wildman–Crippen MR) is 67.8 cm³/mol. The number of hydrogen-bond acceptors (Lipinski definition) is 4. The maximum absolute atomic E-state index is 11.8. The number of hydrogen-bond donors (Lipinski definition) is 2. The summed E-state index contributed by atoms with van der Waals surface area (Å²) >= 11 is 0. The molecule has 0 aliphatic carbocycles. The van der Waals surface area contributed by atoms with E-state index in [1.807, 2.05) is 6.92 Å². The molecule has 6 heteroatoms. The number of carbonyl (C=O) groups is 2. The Morgan fingerprint density at radius 1 is 1.50 bits per heavy atom. The molecule has 0 aliphatic heterocycles. The summed E-state index contributed by atoms with van der Waals surface area (Å²) in [6.45, 7) is 2.75. The smallest absolute Gasteiger partial charge is 0.251 e. The molecule has 0 saturated carbocycles. The van der Waals surface area contributed by atoms with E-state index in [2.05, 4.69) is 10.3 Å². The number of aromatic nitrogens is 1. The van der Waals surface area contributed by atoms with Crippen LogP contribution in [0.5, 0.6) is 0 Å². The number of carbonyl (C=O) groups excluding carboxylic acids is 2. The lowest BCUT2D eigenvalue weighted by Gasteiger charge is -2.14. The fraction of sp³-hybridized carbons (Fsp3) is 0.417. The molecule has 98 valence electrons. The van der Waals surface area contributed by atoms with E-state index in [-0.39, 0.29) is 24.9 Å². The van der Waals surface area contributed by atoms with Gasteiger partial charge in [0.1, 0.15) is 0 Å². The maximum Gasteiger partial charge on any atom is 0.251 e. The van der Waals surface area contributed by atoms with E-state index >= 15 is 0 Å². The maximum atomic E-state index is 11.8. The van der Waals surface area contributed by atoms with Crippen molar-refractivity contribution in [1.29, 1.82) is 0 Å². The minimum atomic E-state index is -0.301. The van der Waals surface area contributed by atoms with Gasteiger partial charge in [-0.05, 0) is 19.1 Å². The van der Waals surface area contributed by atoms with Crippen LogP contribution in [0.2, 0.25) is 0 Å². The highest BCUT2D eigenvalue weighted by Crippen LogP contribution is 2.01. The van der Waals surface area contributed by atoms with Crippen LogP contribution >= 0.6 is 0 Å². The largest absolute Gasteiger partial charge is 0.345 e. The zero-order valence-electron chi connectivity index (χ0n) is 10.6. The van der Waals surface area contributed by atoms with Crippen molar-refractivity contribution < 1.29 is 9.59 Å². The number of nitrogens with zero attached hydrogens (tertiary/aromatic N) is 2. The average molecular weight is 250 g/mol. The van der Waals surface area contributed by atoms with Crippen LogP contribution in [0.4, 0.5) is 0 Å². The zero-order chi connectivity index (χ0) is 13.5. The molecule has 6 nitrogen and oxygen atoms in total. The molecule has 2 amide bonds. The number of likely N-dealkylation sites (N-methyl/N-ethyl adjacent to an activating group) is 1. The second-order valence-corrected chi connectivity index (χ2v) is 3.83. The third-order valence-corrected chi connectivity index (χ3v) is 2.59. The average Bonchev–Trinajstić information content (AvgIpc) is 2.43. The van der Waals surface area contributed by atoms with Crippen molar-refractivity contribution in [2.75, 3.05) is 20.1 Å². The van der Waals surface area contributed by atoms with Gasteiger partial charge in [0.15, 0.2) is 0 Å². The monoisotopic (exact) mass is 250 g/mol. The molecule has 0 aliphatic rings. The van der Waals surface area contributed by atoms with Crippen LogP contribution in [-0.4, -0.2) is 41.8 Å². The van der Waals surface area contributed by atoms with Gasteiger partial charge in [-0.2, -0.15) is 0 Å². The summed E-state index contributed by atoms with van der Waals surface area (Å²) in [6.07, 6.45) is 1.52. The Morgan fingerprint density at radius 2 is 2.22 bits per heavy atom. The summed E-state index contributed by atoms with van der Waals surface area (Å²) < 4.78 is 0. The van der Waals surface area contributed by atoms with E-state index < -0.39 is 0 Å². The van der Waals surface area contributed by atoms with Gasteiger partial charge in [0.25, 0.3) is 5.91 Å². The molecule has 18 heavy (non-hydrogen) atoms. The SMILES string of the molecule is CCN(C)C(=O)CNC(=O)c1ccnc(CN)c1. The number of pyridine rings is 1. The summed E-state index contributed by atoms with van der Waals surface area (Å²) in [4.78, 5) is 28.8. The summed E-state index contributed by atoms with van der Waals surface area (Å²) in [5.74, 6) is -0.427. The molecule has 0 saturated heterocycles. The molecule has 0 fully saturated rings. The van der Waals surface area contributed by atoms with Gasteiger partial charge in [0.2, 0.25) is 5.91 Å². The van der Waals surface area contributed by atoms with Crippen molar-refractivity contribution in [3.63, 3.8) is 0 Å². The van der Waals surface area contributed by atoms with Crippen LogP contribution in [-0.2, 0) is 11.3 Å². The van der Waals surface area contributed by atoms with E-state index in [1.54, 1.807) is 19.2 Å². The van der Waals surface area contributed by atoms with Crippen molar-refractivity contribution in [1.82, 2.24) is 15.2 Å². The van der Waals surface area contributed by atoms with E-state index in [4.69, 9.17) is 5.73 Å². The molecule has 0 bridgehead atoms. The summed E-state index contributed by atoms with van der Waals surface area (Å²) in [6, 6.07) is 3.20. The third kappa shape index (κ3) is 3.81. The molecule has 1 aromatic heterocycles. The molecule has 0 radical (unpaired) electrons. The Labute approximate surface area is 106 Å². The Balaban J connectivity index is 2.57. The van der Waals surface area contributed by atoms with Crippen molar-refractivity contribution >= 4 is 11.8 Å². The van der Waals surface area contributed by atoms with Crippen molar-refractivity contribution in [2.45, 2.75) is 13.5 Å². The number of rotatable bonds is 5. The van der Waals surface area contributed by atoms with E-state index in [0.717, 1.165) is 0 Å². The molecular formula is C12H18N4O2. The molecule has 0 atom stereocenters. The van der Waals surface area contributed by atoms with Crippen LogP contribution in [0.25, 0.3) is 0 Å². The number of nitrogens with one attached hydrogen (secondary N) is 1. The molecule has 0 spiro atoms. The van der Waals surface area contributed by atoms with Gasteiger partial charge in [-0.3, -0.25) is 14.6 Å². The number of nitrogens with two attached hydrogens (primary N) is 1. The molecule has 0 unspecified atom stereocenters. The van der Waals surface area contributed by atoms with Crippen molar-refractivity contribution in [2.24, 2.45) is 5.73 Å². The molecule has 0 aromatic carbocycles. The summed E-state index contributed by atoms with van der Waals surface area (Å²) in [7, 11) is 1.69. The first-order valence-corrected chi connectivity index (χ1v) is 5.75. The van der Waals surface area contributed by atoms with E-state index in [9.17, 15) is 9.59 Å². The highest BCUT2D eigenvalue weighted by molar-refractivity contribution is 5.96. The van der Waals surface area contributed by atoms with E-state index in [1.165, 1.54) is 11.1 Å². The fourth-order valence-corrected chi connectivity index (χ4v) is 1.30. The second-order valence-electron chi connectivity index (χ2n) is 3.83. The second kappa shape index (κ2) is 6.70. The quantitative estimate of drug-likeness (QED) is 0.754. The molecular weight excluding hydrogens is 232 g/mol. The summed E-state index contributed by atoms with van der Waals surface area (Å²) in [5.41, 5.74) is 6.54. The molecule has 1 heterocycles. The molecule has 3 N–H and O–H groups in total. The topological polar surface area (TPSA) is 88.3 Å². The van der Waals surface area contributed by atoms with Crippen molar-refractivity contribution in [3.8, 4) is 0 Å². The lowest BCUT2D eigenvalue weighted by atomic mass is 10.2. The third-order valence-electron chi connectivity index (χ3n) is 2.59. The minimum absolute atomic E-state index is 0.0105. The van der Waals surface area contributed by atoms with Gasteiger partial charge in [0.05, 0.1) is 12.2 Å². The van der Waals surface area contributed by atoms with Gasteiger partial charge >= 0.3 is 0 Å². The van der Waals surface area contributed by atoms with Crippen LogP contribution in [0, 0.1) is 0 Å². The van der Waals surface area contributed by atoms with Crippen LogP contribution in [0.1, 0.15) is 23.0 Å². The van der Waals surface area contributed by atoms with Crippen molar-refractivity contribution in [3.05, 3.63) is 29.6 Å². The van der Waals surface area contributed by atoms with Crippen LogP contribution in [0.15, 0.2) is 18.3 Å².